The summed E-state index contributed by atoms with van der Waals surface area (Å²) < 4.78 is 0. The lowest BCUT2D eigenvalue weighted by molar-refractivity contribution is 1.13. The second-order valence-corrected chi connectivity index (χ2v) is 6.26. The van der Waals surface area contributed by atoms with E-state index in [1.165, 1.54) is 16.7 Å². The third-order valence-electron chi connectivity index (χ3n) is 3.60. The molecule has 0 unspecified atom stereocenters. The van der Waals surface area contributed by atoms with Crippen LogP contribution in [0.4, 0.5) is 0 Å². The molecule has 0 fully saturated rings. The number of nitrogens with zero attached hydrogens (tertiary/aromatic N) is 2. The molecule has 0 aliphatic rings. The van der Waals surface area contributed by atoms with Crippen molar-refractivity contribution in [2.24, 2.45) is 0 Å². The number of aromatic nitrogens is 2. The van der Waals surface area contributed by atoms with Crippen LogP contribution in [-0.4, -0.2) is 9.97 Å². The summed E-state index contributed by atoms with van der Waals surface area (Å²) in [6.07, 6.45) is 2.94. The molecule has 2 heterocycles. The minimum atomic E-state index is 1.01. The van der Waals surface area contributed by atoms with E-state index in [9.17, 15) is 0 Å². The van der Waals surface area contributed by atoms with Crippen molar-refractivity contribution in [3.05, 3.63) is 58.0 Å². The van der Waals surface area contributed by atoms with Crippen molar-refractivity contribution in [1.82, 2.24) is 9.97 Å². The third kappa shape index (κ3) is 2.88. The SMILES string of the molecule is CCc1ccc(C)cc1-c1ccc(-c2csc(C)n2)cn1. The first-order valence-corrected chi connectivity index (χ1v) is 8.04. The summed E-state index contributed by atoms with van der Waals surface area (Å²) in [5, 5.41) is 3.16. The van der Waals surface area contributed by atoms with Crippen molar-refractivity contribution in [3.63, 3.8) is 0 Å². The van der Waals surface area contributed by atoms with Gasteiger partial charge in [0, 0.05) is 22.7 Å². The number of benzene rings is 1. The number of hydrogen-bond acceptors (Lipinski definition) is 3. The Kier molecular flexibility index (Phi) is 3.84. The van der Waals surface area contributed by atoms with Gasteiger partial charge in [-0.05, 0) is 44.0 Å². The molecule has 2 nitrogen and oxygen atoms in total. The Morgan fingerprint density at radius 2 is 1.90 bits per heavy atom. The minimum absolute atomic E-state index is 1.01. The van der Waals surface area contributed by atoms with E-state index in [0.29, 0.717) is 0 Å². The monoisotopic (exact) mass is 294 g/mol. The van der Waals surface area contributed by atoms with Crippen LogP contribution in [0.1, 0.15) is 23.1 Å². The molecule has 0 atom stereocenters. The van der Waals surface area contributed by atoms with E-state index in [4.69, 9.17) is 0 Å². The molecule has 21 heavy (non-hydrogen) atoms. The predicted molar refractivity (Wildman–Crippen MR) is 89.6 cm³/mol. The summed E-state index contributed by atoms with van der Waals surface area (Å²) in [5.41, 5.74) is 6.96. The zero-order chi connectivity index (χ0) is 14.8. The van der Waals surface area contributed by atoms with Crippen LogP contribution >= 0.6 is 11.3 Å². The maximum absolute atomic E-state index is 4.65. The van der Waals surface area contributed by atoms with Gasteiger partial charge >= 0.3 is 0 Å². The van der Waals surface area contributed by atoms with E-state index in [-0.39, 0.29) is 0 Å². The van der Waals surface area contributed by atoms with Gasteiger partial charge in [0.05, 0.1) is 16.4 Å². The first-order valence-electron chi connectivity index (χ1n) is 7.16. The van der Waals surface area contributed by atoms with Gasteiger partial charge in [-0.2, -0.15) is 0 Å². The number of thiazole rings is 1. The molecule has 0 radical (unpaired) electrons. The highest BCUT2D eigenvalue weighted by Crippen LogP contribution is 2.26. The third-order valence-corrected chi connectivity index (χ3v) is 4.37. The first kappa shape index (κ1) is 14.0. The zero-order valence-corrected chi connectivity index (χ0v) is 13.4. The summed E-state index contributed by atoms with van der Waals surface area (Å²) in [6, 6.07) is 10.8. The molecule has 3 heteroatoms. The van der Waals surface area contributed by atoms with Crippen molar-refractivity contribution in [2.45, 2.75) is 27.2 Å². The number of pyridine rings is 1. The van der Waals surface area contributed by atoms with E-state index in [0.717, 1.165) is 28.4 Å². The Balaban J connectivity index is 1.99. The molecule has 3 rings (SSSR count). The van der Waals surface area contributed by atoms with E-state index in [1.54, 1.807) is 11.3 Å². The molecule has 0 spiro atoms. The fraction of sp³-hybridized carbons (Fsp3) is 0.222. The molecule has 0 saturated carbocycles. The normalized spacial score (nSPS) is 10.8. The fourth-order valence-electron chi connectivity index (χ4n) is 2.44. The zero-order valence-electron chi connectivity index (χ0n) is 12.6. The lowest BCUT2D eigenvalue weighted by atomic mass is 9.99. The van der Waals surface area contributed by atoms with Crippen LogP contribution in [0.2, 0.25) is 0 Å². The van der Waals surface area contributed by atoms with Crippen molar-refractivity contribution in [3.8, 4) is 22.5 Å². The Bertz CT molecular complexity index is 757. The van der Waals surface area contributed by atoms with Crippen LogP contribution in [0, 0.1) is 13.8 Å². The second-order valence-electron chi connectivity index (χ2n) is 5.20. The van der Waals surface area contributed by atoms with Gasteiger partial charge in [-0.25, -0.2) is 4.98 Å². The van der Waals surface area contributed by atoms with Gasteiger partial charge in [0.15, 0.2) is 0 Å². The summed E-state index contributed by atoms with van der Waals surface area (Å²) in [4.78, 5) is 9.16. The molecule has 106 valence electrons. The van der Waals surface area contributed by atoms with Crippen LogP contribution in [0.3, 0.4) is 0 Å². The molecule has 0 aliphatic carbocycles. The first-order chi connectivity index (χ1) is 10.2. The standard InChI is InChI=1S/C18H18N2S/c1-4-14-6-5-12(2)9-16(14)17-8-7-15(10-19-17)18-11-21-13(3)20-18/h5-11H,4H2,1-3H3. The molecular formula is C18H18N2S. The molecule has 3 aromatic rings. The Hall–Kier alpha value is -2.00. The second kappa shape index (κ2) is 5.78. The highest BCUT2D eigenvalue weighted by atomic mass is 32.1. The lowest BCUT2D eigenvalue weighted by Crippen LogP contribution is -1.92. The molecule has 1 aromatic carbocycles. The van der Waals surface area contributed by atoms with Crippen molar-refractivity contribution in [1.29, 1.82) is 0 Å². The number of rotatable bonds is 3. The summed E-state index contributed by atoms with van der Waals surface area (Å²) >= 11 is 1.67. The maximum Gasteiger partial charge on any atom is 0.0901 e. The summed E-state index contributed by atoms with van der Waals surface area (Å²) in [5.74, 6) is 0. The maximum atomic E-state index is 4.65. The van der Waals surface area contributed by atoms with E-state index >= 15 is 0 Å². The quantitative estimate of drug-likeness (QED) is 0.675. The van der Waals surface area contributed by atoms with E-state index < -0.39 is 0 Å². The minimum Gasteiger partial charge on any atom is -0.256 e. The highest BCUT2D eigenvalue weighted by molar-refractivity contribution is 7.09. The molecule has 2 aromatic heterocycles. The number of aryl methyl sites for hydroxylation is 3. The fourth-order valence-corrected chi connectivity index (χ4v) is 3.06. The van der Waals surface area contributed by atoms with Gasteiger partial charge in [0.1, 0.15) is 0 Å². The Morgan fingerprint density at radius 3 is 2.52 bits per heavy atom. The number of hydrogen-bond donors (Lipinski definition) is 0. The predicted octanol–water partition coefficient (Wildman–Crippen LogP) is 5.05. The Morgan fingerprint density at radius 1 is 1.05 bits per heavy atom. The van der Waals surface area contributed by atoms with Gasteiger partial charge in [-0.3, -0.25) is 4.98 Å². The topological polar surface area (TPSA) is 25.8 Å². The lowest BCUT2D eigenvalue weighted by Gasteiger charge is -2.09. The Labute approximate surface area is 129 Å². The van der Waals surface area contributed by atoms with Crippen molar-refractivity contribution >= 4 is 11.3 Å². The average Bonchev–Trinajstić information content (AvgIpc) is 2.94. The van der Waals surface area contributed by atoms with Crippen LogP contribution in [0.5, 0.6) is 0 Å². The van der Waals surface area contributed by atoms with E-state index in [1.807, 2.05) is 13.1 Å². The average molecular weight is 294 g/mol. The molecular weight excluding hydrogens is 276 g/mol. The van der Waals surface area contributed by atoms with Crippen LogP contribution in [-0.2, 0) is 6.42 Å². The summed E-state index contributed by atoms with van der Waals surface area (Å²) in [7, 11) is 0. The largest absolute Gasteiger partial charge is 0.256 e. The van der Waals surface area contributed by atoms with Gasteiger partial charge in [0.2, 0.25) is 0 Å². The van der Waals surface area contributed by atoms with Crippen molar-refractivity contribution in [2.75, 3.05) is 0 Å². The smallest absolute Gasteiger partial charge is 0.0901 e. The van der Waals surface area contributed by atoms with Crippen LogP contribution in [0.15, 0.2) is 41.9 Å². The molecule has 0 bridgehead atoms. The van der Waals surface area contributed by atoms with Gasteiger partial charge in [-0.15, -0.1) is 11.3 Å². The highest BCUT2D eigenvalue weighted by Gasteiger charge is 2.07. The van der Waals surface area contributed by atoms with E-state index in [2.05, 4.69) is 59.5 Å². The van der Waals surface area contributed by atoms with Gasteiger partial charge < -0.3 is 0 Å². The summed E-state index contributed by atoms with van der Waals surface area (Å²) in [6.45, 7) is 6.33. The van der Waals surface area contributed by atoms with Crippen molar-refractivity contribution < 1.29 is 0 Å². The molecule has 0 N–H and O–H groups in total. The molecule has 0 saturated heterocycles. The van der Waals surface area contributed by atoms with Crippen LogP contribution < -0.4 is 0 Å². The molecule has 0 amide bonds. The van der Waals surface area contributed by atoms with Gasteiger partial charge in [0.25, 0.3) is 0 Å². The van der Waals surface area contributed by atoms with Crippen LogP contribution in [0.25, 0.3) is 22.5 Å². The molecule has 0 aliphatic heterocycles. The van der Waals surface area contributed by atoms with Gasteiger partial charge in [-0.1, -0.05) is 24.6 Å².